The highest BCUT2D eigenvalue weighted by molar-refractivity contribution is 5.97. The second-order valence-corrected chi connectivity index (χ2v) is 7.05. The van der Waals surface area contributed by atoms with Gasteiger partial charge in [0, 0.05) is 11.8 Å². The Morgan fingerprint density at radius 1 is 1.17 bits per heavy atom. The van der Waals surface area contributed by atoms with Gasteiger partial charge in [-0.1, -0.05) is 47.7 Å². The normalized spacial score (nSPS) is 12.0. The fourth-order valence-corrected chi connectivity index (χ4v) is 2.76. The molecule has 7 heteroatoms. The number of aryl methyl sites for hydroxylation is 2. The van der Waals surface area contributed by atoms with Crippen molar-refractivity contribution < 1.29 is 14.3 Å². The van der Waals surface area contributed by atoms with Crippen LogP contribution in [0.5, 0.6) is 0 Å². The van der Waals surface area contributed by atoms with E-state index in [2.05, 4.69) is 15.6 Å². The lowest BCUT2D eigenvalue weighted by atomic mass is 10.1. The van der Waals surface area contributed by atoms with E-state index in [1.165, 1.54) is 19.1 Å². The van der Waals surface area contributed by atoms with E-state index in [0.717, 1.165) is 16.7 Å². The number of anilines is 1. The molecule has 7 nitrogen and oxygen atoms in total. The number of nitrogens with zero attached hydrogens (tertiary/aromatic N) is 3. The molecule has 0 aliphatic heterocycles. The van der Waals surface area contributed by atoms with Crippen molar-refractivity contribution in [3.8, 4) is 0 Å². The third kappa shape index (κ3) is 5.88. The first kappa shape index (κ1) is 21.0. The van der Waals surface area contributed by atoms with Gasteiger partial charge in [0.25, 0.3) is 5.91 Å². The summed E-state index contributed by atoms with van der Waals surface area (Å²) in [5.41, 5.74) is 4.29. The van der Waals surface area contributed by atoms with Gasteiger partial charge in [-0.25, -0.2) is 9.48 Å². The highest BCUT2D eigenvalue weighted by Crippen LogP contribution is 2.17. The number of ether oxygens (including phenoxy) is 1. The van der Waals surface area contributed by atoms with Crippen molar-refractivity contribution in [2.24, 2.45) is 0 Å². The van der Waals surface area contributed by atoms with Gasteiger partial charge in [0.15, 0.2) is 6.10 Å². The smallest absolute Gasteiger partial charge is 0.331 e. The van der Waals surface area contributed by atoms with Crippen LogP contribution in [0.1, 0.15) is 29.3 Å². The van der Waals surface area contributed by atoms with E-state index < -0.39 is 12.1 Å². The fourth-order valence-electron chi connectivity index (χ4n) is 2.76. The SMILES string of the molecule is Cc1ccc(C)c(NC(=O)[C@@H](C)OC(=O)/C=C/c2cn(Cc3ccccc3)nn2)c1. The number of carbonyl (C=O) groups excluding carboxylic acids is 2. The van der Waals surface area contributed by atoms with Crippen LogP contribution in [0.2, 0.25) is 0 Å². The number of hydrogen-bond donors (Lipinski definition) is 1. The first-order chi connectivity index (χ1) is 14.4. The minimum Gasteiger partial charge on any atom is -0.449 e. The van der Waals surface area contributed by atoms with Crippen molar-refractivity contribution in [1.82, 2.24) is 15.0 Å². The summed E-state index contributed by atoms with van der Waals surface area (Å²) in [6.45, 7) is 5.96. The molecule has 0 aliphatic carbocycles. The lowest BCUT2D eigenvalue weighted by Crippen LogP contribution is -2.29. The molecule has 1 heterocycles. The van der Waals surface area contributed by atoms with Gasteiger partial charge in [0.2, 0.25) is 0 Å². The Balaban J connectivity index is 1.52. The predicted octanol–water partition coefficient (Wildman–Crippen LogP) is 3.53. The monoisotopic (exact) mass is 404 g/mol. The molecule has 1 atom stereocenters. The quantitative estimate of drug-likeness (QED) is 0.481. The first-order valence-electron chi connectivity index (χ1n) is 9.61. The zero-order valence-corrected chi connectivity index (χ0v) is 17.2. The number of carbonyl (C=O) groups is 2. The summed E-state index contributed by atoms with van der Waals surface area (Å²) >= 11 is 0. The number of rotatable bonds is 7. The Morgan fingerprint density at radius 2 is 1.93 bits per heavy atom. The average Bonchev–Trinajstić information content (AvgIpc) is 3.17. The second kappa shape index (κ2) is 9.65. The third-order valence-corrected chi connectivity index (χ3v) is 4.45. The summed E-state index contributed by atoms with van der Waals surface area (Å²) in [6.07, 6.45) is 3.54. The van der Waals surface area contributed by atoms with Gasteiger partial charge in [-0.2, -0.15) is 0 Å². The van der Waals surface area contributed by atoms with Crippen molar-refractivity contribution in [3.63, 3.8) is 0 Å². The summed E-state index contributed by atoms with van der Waals surface area (Å²) in [4.78, 5) is 24.4. The van der Waals surface area contributed by atoms with Crippen molar-refractivity contribution >= 4 is 23.6 Å². The molecule has 0 aliphatic rings. The molecule has 2 aromatic carbocycles. The van der Waals surface area contributed by atoms with E-state index >= 15 is 0 Å². The van der Waals surface area contributed by atoms with Crippen LogP contribution in [-0.2, 0) is 20.9 Å². The maximum absolute atomic E-state index is 12.3. The molecule has 0 bridgehead atoms. The summed E-state index contributed by atoms with van der Waals surface area (Å²) in [6, 6.07) is 15.6. The Labute approximate surface area is 175 Å². The molecule has 1 aromatic heterocycles. The number of aromatic nitrogens is 3. The van der Waals surface area contributed by atoms with Gasteiger partial charge < -0.3 is 10.1 Å². The maximum atomic E-state index is 12.3. The van der Waals surface area contributed by atoms with Crippen molar-refractivity contribution in [1.29, 1.82) is 0 Å². The van der Waals surface area contributed by atoms with E-state index in [-0.39, 0.29) is 5.91 Å². The summed E-state index contributed by atoms with van der Waals surface area (Å²) in [5.74, 6) is -1.02. The van der Waals surface area contributed by atoms with E-state index in [9.17, 15) is 9.59 Å². The van der Waals surface area contributed by atoms with Gasteiger partial charge in [0.05, 0.1) is 12.7 Å². The van der Waals surface area contributed by atoms with Crippen molar-refractivity contribution in [2.45, 2.75) is 33.4 Å². The lowest BCUT2D eigenvalue weighted by Gasteiger charge is -2.14. The van der Waals surface area contributed by atoms with Crippen molar-refractivity contribution in [3.05, 3.63) is 83.2 Å². The zero-order valence-electron chi connectivity index (χ0n) is 17.2. The van der Waals surface area contributed by atoms with Gasteiger partial charge in [-0.05, 0) is 49.6 Å². The van der Waals surface area contributed by atoms with Gasteiger partial charge in [0.1, 0.15) is 5.69 Å². The molecule has 3 aromatic rings. The minimum atomic E-state index is -0.934. The van der Waals surface area contributed by atoms with Crippen LogP contribution < -0.4 is 5.32 Å². The summed E-state index contributed by atoms with van der Waals surface area (Å²) in [7, 11) is 0. The van der Waals surface area contributed by atoms with Crippen LogP contribution in [0.25, 0.3) is 6.08 Å². The van der Waals surface area contributed by atoms with Crippen LogP contribution in [-0.4, -0.2) is 33.0 Å². The number of hydrogen-bond acceptors (Lipinski definition) is 5. The lowest BCUT2D eigenvalue weighted by molar-refractivity contribution is -0.148. The molecule has 1 amide bonds. The third-order valence-electron chi connectivity index (χ3n) is 4.45. The molecular weight excluding hydrogens is 380 g/mol. The number of nitrogens with one attached hydrogen (secondary N) is 1. The van der Waals surface area contributed by atoms with Crippen LogP contribution in [0.15, 0.2) is 60.8 Å². The van der Waals surface area contributed by atoms with Crippen LogP contribution >= 0.6 is 0 Å². The molecule has 0 saturated carbocycles. The number of esters is 1. The number of benzene rings is 2. The molecule has 0 saturated heterocycles. The summed E-state index contributed by atoms with van der Waals surface area (Å²) < 4.78 is 6.87. The molecular formula is C23H24N4O3. The highest BCUT2D eigenvalue weighted by Gasteiger charge is 2.17. The van der Waals surface area contributed by atoms with Gasteiger partial charge >= 0.3 is 5.97 Å². The minimum absolute atomic E-state index is 0.390. The second-order valence-electron chi connectivity index (χ2n) is 7.05. The highest BCUT2D eigenvalue weighted by atomic mass is 16.5. The maximum Gasteiger partial charge on any atom is 0.331 e. The summed E-state index contributed by atoms with van der Waals surface area (Å²) in [5, 5.41) is 10.8. The Morgan fingerprint density at radius 3 is 2.70 bits per heavy atom. The largest absolute Gasteiger partial charge is 0.449 e. The van der Waals surface area contributed by atoms with Crippen molar-refractivity contribution in [2.75, 3.05) is 5.32 Å². The van der Waals surface area contributed by atoms with E-state index in [0.29, 0.717) is 17.9 Å². The molecule has 0 unspecified atom stereocenters. The van der Waals surface area contributed by atoms with Crippen LogP contribution in [0.4, 0.5) is 5.69 Å². The van der Waals surface area contributed by atoms with E-state index in [4.69, 9.17) is 4.74 Å². The van der Waals surface area contributed by atoms with E-state index in [1.807, 2.05) is 62.4 Å². The first-order valence-corrected chi connectivity index (χ1v) is 9.61. The van der Waals surface area contributed by atoms with Crippen LogP contribution in [0, 0.1) is 13.8 Å². The van der Waals surface area contributed by atoms with E-state index in [1.54, 1.807) is 10.9 Å². The Hall–Kier alpha value is -3.74. The topological polar surface area (TPSA) is 86.1 Å². The zero-order chi connectivity index (χ0) is 21.5. The van der Waals surface area contributed by atoms with Gasteiger partial charge in [-0.3, -0.25) is 4.79 Å². The Bertz CT molecular complexity index is 1060. The Kier molecular flexibility index (Phi) is 6.75. The predicted molar refractivity (Wildman–Crippen MR) is 115 cm³/mol. The molecule has 154 valence electrons. The molecule has 1 N–H and O–H groups in total. The molecule has 0 fully saturated rings. The standard InChI is InChI=1S/C23H24N4O3/c1-16-9-10-17(2)21(13-16)24-23(29)18(3)30-22(28)12-11-20-15-27(26-25-20)14-19-7-5-4-6-8-19/h4-13,15,18H,14H2,1-3H3,(H,24,29)/b12-11+/t18-/m1/s1. The molecule has 0 radical (unpaired) electrons. The number of amides is 1. The van der Waals surface area contributed by atoms with Crippen LogP contribution in [0.3, 0.4) is 0 Å². The van der Waals surface area contributed by atoms with Gasteiger partial charge in [-0.15, -0.1) is 5.10 Å². The molecule has 30 heavy (non-hydrogen) atoms. The average molecular weight is 404 g/mol. The molecule has 0 spiro atoms. The molecule has 3 rings (SSSR count). The fraction of sp³-hybridized carbons (Fsp3) is 0.217.